The quantitative estimate of drug-likeness (QED) is 0.580. The molecule has 0 aromatic heterocycles. The third-order valence-electron chi connectivity index (χ3n) is 2.80. The Balaban J connectivity index is 1.99. The van der Waals surface area contributed by atoms with Gasteiger partial charge in [0.1, 0.15) is 10.8 Å². The molecule has 0 heterocycles. The minimum atomic E-state index is -0.620. The number of nitrogens with zero attached hydrogens (tertiary/aromatic N) is 1. The molecule has 0 unspecified atom stereocenters. The maximum absolute atomic E-state index is 13.6. The van der Waals surface area contributed by atoms with Gasteiger partial charge in [0, 0.05) is 16.2 Å². The average Bonchev–Trinajstić information content (AvgIpc) is 2.49. The predicted octanol–water partition coefficient (Wildman–Crippen LogP) is 4.20. The topological polar surface area (TPSA) is 84.3 Å². The van der Waals surface area contributed by atoms with E-state index in [0.717, 1.165) is 0 Å². The summed E-state index contributed by atoms with van der Waals surface area (Å²) < 4.78 is 14.2. The number of nitrogens with one attached hydrogen (secondary N) is 2. The lowest BCUT2D eigenvalue weighted by Crippen LogP contribution is -2.22. The molecule has 2 rings (SSSR count). The number of nitro benzene ring substituents is 1. The van der Waals surface area contributed by atoms with Crippen molar-refractivity contribution < 1.29 is 14.1 Å². The molecule has 2 aromatic rings. The summed E-state index contributed by atoms with van der Waals surface area (Å²) in [5.74, 6) is -1.07. The van der Waals surface area contributed by atoms with Crippen LogP contribution in [-0.4, -0.2) is 17.4 Å². The van der Waals surface area contributed by atoms with Crippen molar-refractivity contribution in [2.24, 2.45) is 0 Å². The molecule has 0 saturated carbocycles. The summed E-state index contributed by atoms with van der Waals surface area (Å²) in [5.41, 5.74) is 0.130. The number of halogens is 3. The summed E-state index contributed by atoms with van der Waals surface area (Å²) in [6.07, 6.45) is 0. The lowest BCUT2D eigenvalue weighted by atomic mass is 10.2. The lowest BCUT2D eigenvalue weighted by molar-refractivity contribution is -0.384. The Morgan fingerprint density at radius 2 is 2.04 bits per heavy atom. The molecule has 9 heteroatoms. The third-order valence-corrected chi connectivity index (χ3v) is 3.61. The van der Waals surface area contributed by atoms with Gasteiger partial charge in [0.05, 0.1) is 17.2 Å². The number of hydrogen-bond donors (Lipinski definition) is 2. The van der Waals surface area contributed by atoms with Gasteiger partial charge in [-0.2, -0.15) is 0 Å². The van der Waals surface area contributed by atoms with Crippen molar-refractivity contribution in [1.29, 1.82) is 0 Å². The Kier molecular flexibility index (Phi) is 5.51. The highest BCUT2D eigenvalue weighted by Crippen LogP contribution is 2.27. The molecule has 0 atom stereocenters. The molecule has 0 saturated heterocycles. The van der Waals surface area contributed by atoms with Crippen LogP contribution in [0.1, 0.15) is 0 Å². The number of carbonyl (C=O) groups excluding carboxylic acids is 1. The Morgan fingerprint density at radius 3 is 2.70 bits per heavy atom. The van der Waals surface area contributed by atoms with Gasteiger partial charge in [-0.1, -0.05) is 27.5 Å². The third kappa shape index (κ3) is 4.64. The summed E-state index contributed by atoms with van der Waals surface area (Å²) >= 11 is 8.81. The molecule has 1 amide bonds. The van der Waals surface area contributed by atoms with Crippen molar-refractivity contribution in [3.8, 4) is 0 Å². The second-order valence-corrected chi connectivity index (χ2v) is 5.77. The average molecular weight is 403 g/mol. The van der Waals surface area contributed by atoms with Gasteiger partial charge in [0.2, 0.25) is 5.91 Å². The standard InChI is InChI=1S/C14H10BrClFN3O3/c15-8-1-4-12(11(17)5-8)19-14(21)7-18-9-2-3-10(16)13(6-9)20(22)23/h1-6,18H,7H2,(H,19,21). The van der Waals surface area contributed by atoms with Gasteiger partial charge < -0.3 is 10.6 Å². The van der Waals surface area contributed by atoms with Gasteiger partial charge in [-0.3, -0.25) is 14.9 Å². The van der Waals surface area contributed by atoms with Gasteiger partial charge in [-0.25, -0.2) is 4.39 Å². The van der Waals surface area contributed by atoms with Crippen LogP contribution in [0, 0.1) is 15.9 Å². The summed E-state index contributed by atoms with van der Waals surface area (Å²) in [6.45, 7) is -0.186. The number of nitro groups is 1. The Hall–Kier alpha value is -2.19. The minimum Gasteiger partial charge on any atom is -0.376 e. The summed E-state index contributed by atoms with van der Waals surface area (Å²) in [6, 6.07) is 8.32. The Labute approximate surface area is 143 Å². The summed E-state index contributed by atoms with van der Waals surface area (Å²) in [4.78, 5) is 22.0. The monoisotopic (exact) mass is 401 g/mol. The van der Waals surface area contributed by atoms with Crippen LogP contribution in [0.4, 0.5) is 21.5 Å². The summed E-state index contributed by atoms with van der Waals surface area (Å²) in [7, 11) is 0. The molecule has 0 aliphatic carbocycles. The van der Waals surface area contributed by atoms with Crippen molar-refractivity contribution in [2.45, 2.75) is 0 Å². The van der Waals surface area contributed by atoms with Gasteiger partial charge in [-0.05, 0) is 30.3 Å². The van der Waals surface area contributed by atoms with Crippen LogP contribution < -0.4 is 10.6 Å². The largest absolute Gasteiger partial charge is 0.376 e. The van der Waals surface area contributed by atoms with Crippen LogP contribution >= 0.6 is 27.5 Å². The molecule has 0 spiro atoms. The number of amides is 1. The van der Waals surface area contributed by atoms with Gasteiger partial charge >= 0.3 is 0 Å². The molecule has 0 aliphatic heterocycles. The Morgan fingerprint density at radius 1 is 1.30 bits per heavy atom. The highest BCUT2D eigenvalue weighted by molar-refractivity contribution is 9.10. The first-order valence-electron chi connectivity index (χ1n) is 6.29. The van der Waals surface area contributed by atoms with Crippen LogP contribution in [0.3, 0.4) is 0 Å². The van der Waals surface area contributed by atoms with Crippen LogP contribution in [0.25, 0.3) is 0 Å². The van der Waals surface area contributed by atoms with Gasteiger partial charge in [0.15, 0.2) is 0 Å². The Bertz CT molecular complexity index is 773. The van der Waals surface area contributed by atoms with Crippen molar-refractivity contribution in [1.82, 2.24) is 0 Å². The van der Waals surface area contributed by atoms with Crippen LogP contribution in [0.15, 0.2) is 40.9 Å². The normalized spacial score (nSPS) is 10.2. The fourth-order valence-electron chi connectivity index (χ4n) is 1.73. The number of benzene rings is 2. The van der Waals surface area contributed by atoms with E-state index in [4.69, 9.17) is 11.6 Å². The van der Waals surface area contributed by atoms with E-state index in [1.165, 1.54) is 30.3 Å². The van der Waals surface area contributed by atoms with E-state index in [0.29, 0.717) is 10.2 Å². The molecule has 2 N–H and O–H groups in total. The molecule has 0 aliphatic rings. The SMILES string of the molecule is O=C(CNc1ccc(Cl)c([N+](=O)[O-])c1)Nc1ccc(Br)cc1F. The van der Waals surface area contributed by atoms with E-state index in [1.807, 2.05) is 0 Å². The van der Waals surface area contributed by atoms with E-state index < -0.39 is 16.6 Å². The second kappa shape index (κ2) is 7.38. The molecular formula is C14H10BrClFN3O3. The van der Waals surface area contributed by atoms with E-state index in [9.17, 15) is 19.3 Å². The van der Waals surface area contributed by atoms with Crippen LogP contribution in [-0.2, 0) is 4.79 Å². The first kappa shape index (κ1) is 17.2. The van der Waals surface area contributed by atoms with E-state index >= 15 is 0 Å². The number of carbonyl (C=O) groups is 1. The predicted molar refractivity (Wildman–Crippen MR) is 89.3 cm³/mol. The van der Waals surface area contributed by atoms with Crippen molar-refractivity contribution in [3.63, 3.8) is 0 Å². The fourth-order valence-corrected chi connectivity index (χ4v) is 2.25. The smallest absolute Gasteiger partial charge is 0.289 e. The maximum Gasteiger partial charge on any atom is 0.289 e. The molecule has 23 heavy (non-hydrogen) atoms. The number of rotatable bonds is 5. The van der Waals surface area contributed by atoms with E-state index in [-0.39, 0.29) is 22.9 Å². The zero-order valence-corrected chi connectivity index (χ0v) is 13.8. The first-order valence-corrected chi connectivity index (χ1v) is 7.46. The van der Waals surface area contributed by atoms with E-state index in [2.05, 4.69) is 26.6 Å². The highest BCUT2D eigenvalue weighted by Gasteiger charge is 2.13. The van der Waals surface area contributed by atoms with Crippen LogP contribution in [0.5, 0.6) is 0 Å². The zero-order chi connectivity index (χ0) is 17.0. The molecule has 0 radical (unpaired) electrons. The molecule has 0 bridgehead atoms. The zero-order valence-electron chi connectivity index (χ0n) is 11.5. The fraction of sp³-hybridized carbons (Fsp3) is 0.0714. The van der Waals surface area contributed by atoms with E-state index in [1.54, 1.807) is 6.07 Å². The number of hydrogen-bond acceptors (Lipinski definition) is 4. The molecule has 120 valence electrons. The van der Waals surface area contributed by atoms with Crippen molar-refractivity contribution >= 4 is 50.5 Å². The molecule has 0 fully saturated rings. The van der Waals surface area contributed by atoms with Crippen molar-refractivity contribution in [3.05, 3.63) is 61.8 Å². The lowest BCUT2D eigenvalue weighted by Gasteiger charge is -2.09. The van der Waals surface area contributed by atoms with Gasteiger partial charge in [0.25, 0.3) is 5.69 Å². The molecule has 6 nitrogen and oxygen atoms in total. The second-order valence-electron chi connectivity index (χ2n) is 4.45. The minimum absolute atomic E-state index is 0.00179. The molecular weight excluding hydrogens is 393 g/mol. The highest BCUT2D eigenvalue weighted by atomic mass is 79.9. The van der Waals surface area contributed by atoms with Crippen molar-refractivity contribution in [2.75, 3.05) is 17.2 Å². The van der Waals surface area contributed by atoms with Gasteiger partial charge in [-0.15, -0.1) is 0 Å². The number of anilines is 2. The maximum atomic E-state index is 13.6. The molecule has 2 aromatic carbocycles. The summed E-state index contributed by atoms with van der Waals surface area (Å²) in [5, 5.41) is 15.9. The van der Waals surface area contributed by atoms with Crippen LogP contribution in [0.2, 0.25) is 5.02 Å². The first-order chi connectivity index (χ1) is 10.9.